The highest BCUT2D eigenvalue weighted by molar-refractivity contribution is 5.77. The lowest BCUT2D eigenvalue weighted by molar-refractivity contribution is -0.138. The number of nitrogens with two attached hydrogens (primary N) is 1. The van der Waals surface area contributed by atoms with E-state index in [1.165, 1.54) is 6.07 Å². The van der Waals surface area contributed by atoms with Crippen LogP contribution in [0.2, 0.25) is 0 Å². The Balaban J connectivity index is 2.02. The average Bonchev–Trinajstić information content (AvgIpc) is 2.90. The van der Waals surface area contributed by atoms with Gasteiger partial charge in [-0.25, -0.2) is 9.18 Å². The number of nitrogens with zero attached hydrogens (tertiary/aromatic N) is 1. The number of benzene rings is 2. The highest BCUT2D eigenvalue weighted by Crippen LogP contribution is 2.44. The second-order valence-electron chi connectivity index (χ2n) is 9.75. The van der Waals surface area contributed by atoms with Crippen molar-refractivity contribution in [1.29, 1.82) is 0 Å². The number of likely N-dealkylation sites (tertiary alicyclic amines) is 1. The first-order valence-electron chi connectivity index (χ1n) is 12.9. The Kier molecular flexibility index (Phi) is 10.0. The SMILES string of the molecule is CCc1cccc(-c2c(F)cccc2C(O)(CCCNC(=O)O)C2CCCN(C(=O)CC(O)CN)C2)c1. The average molecular weight is 516 g/mol. The lowest BCUT2D eigenvalue weighted by atomic mass is 9.72. The highest BCUT2D eigenvalue weighted by Gasteiger charge is 2.43. The Hall–Kier alpha value is -3.01. The fourth-order valence-corrected chi connectivity index (χ4v) is 5.24. The number of rotatable bonds is 11. The lowest BCUT2D eigenvalue weighted by Crippen LogP contribution is -2.49. The molecule has 1 saturated heterocycles. The number of carbonyl (C=O) groups is 2. The molecule has 8 nitrogen and oxygen atoms in total. The molecule has 2 aromatic rings. The molecule has 2 aromatic carbocycles. The molecule has 202 valence electrons. The number of aryl methyl sites for hydroxylation is 1. The van der Waals surface area contributed by atoms with E-state index in [4.69, 9.17) is 10.8 Å². The molecule has 1 aliphatic rings. The Bertz CT molecular complexity index is 1080. The zero-order valence-corrected chi connectivity index (χ0v) is 21.3. The molecular formula is C28H38FN3O5. The van der Waals surface area contributed by atoms with Gasteiger partial charge in [-0.2, -0.15) is 0 Å². The Morgan fingerprint density at radius 2 is 2.03 bits per heavy atom. The quantitative estimate of drug-likeness (QED) is 0.292. The third-order valence-corrected chi connectivity index (χ3v) is 7.25. The summed E-state index contributed by atoms with van der Waals surface area (Å²) in [4.78, 5) is 25.4. The molecule has 0 radical (unpaired) electrons. The van der Waals surface area contributed by atoms with E-state index in [2.05, 4.69) is 5.32 Å². The number of aliphatic hydroxyl groups is 2. The predicted molar refractivity (Wildman–Crippen MR) is 139 cm³/mol. The van der Waals surface area contributed by atoms with Crippen molar-refractivity contribution in [2.75, 3.05) is 26.2 Å². The molecule has 1 fully saturated rings. The van der Waals surface area contributed by atoms with Gasteiger partial charge in [0.1, 0.15) is 5.82 Å². The summed E-state index contributed by atoms with van der Waals surface area (Å²) in [6, 6.07) is 12.2. The fraction of sp³-hybridized carbons (Fsp3) is 0.500. The monoisotopic (exact) mass is 515 g/mol. The van der Waals surface area contributed by atoms with Crippen LogP contribution in [0.4, 0.5) is 9.18 Å². The molecule has 0 aliphatic carbocycles. The molecule has 0 spiro atoms. The normalized spacial score (nSPS) is 18.2. The third kappa shape index (κ3) is 7.06. The molecule has 37 heavy (non-hydrogen) atoms. The maximum atomic E-state index is 15.4. The van der Waals surface area contributed by atoms with Crippen molar-refractivity contribution >= 4 is 12.0 Å². The van der Waals surface area contributed by atoms with Gasteiger partial charge in [0.15, 0.2) is 0 Å². The van der Waals surface area contributed by atoms with Crippen LogP contribution in [0.25, 0.3) is 11.1 Å². The topological polar surface area (TPSA) is 136 Å². The maximum absolute atomic E-state index is 15.4. The van der Waals surface area contributed by atoms with E-state index in [1.807, 2.05) is 31.2 Å². The summed E-state index contributed by atoms with van der Waals surface area (Å²) in [5.74, 6) is -1.12. The van der Waals surface area contributed by atoms with Crippen molar-refractivity contribution in [3.63, 3.8) is 0 Å². The number of hydrogen-bond acceptors (Lipinski definition) is 5. The van der Waals surface area contributed by atoms with Crippen LogP contribution < -0.4 is 11.1 Å². The number of nitrogens with one attached hydrogen (secondary N) is 1. The largest absolute Gasteiger partial charge is 0.465 e. The number of amides is 2. The number of aliphatic hydroxyl groups excluding tert-OH is 1. The van der Waals surface area contributed by atoms with Crippen molar-refractivity contribution in [3.8, 4) is 11.1 Å². The third-order valence-electron chi connectivity index (χ3n) is 7.25. The molecular weight excluding hydrogens is 477 g/mol. The van der Waals surface area contributed by atoms with E-state index in [1.54, 1.807) is 17.0 Å². The number of hydrogen-bond donors (Lipinski definition) is 5. The predicted octanol–water partition coefficient (Wildman–Crippen LogP) is 3.24. The second kappa shape index (κ2) is 13.0. The van der Waals surface area contributed by atoms with E-state index >= 15 is 4.39 Å². The van der Waals surface area contributed by atoms with Gasteiger partial charge in [-0.1, -0.05) is 43.3 Å². The maximum Gasteiger partial charge on any atom is 0.404 e. The summed E-state index contributed by atoms with van der Waals surface area (Å²) in [5, 5.41) is 33.5. The molecule has 0 aromatic heterocycles. The summed E-state index contributed by atoms with van der Waals surface area (Å²) in [6.07, 6.45) is 0.335. The smallest absolute Gasteiger partial charge is 0.404 e. The summed E-state index contributed by atoms with van der Waals surface area (Å²) >= 11 is 0. The van der Waals surface area contributed by atoms with Crippen LogP contribution in [-0.2, 0) is 16.8 Å². The molecule has 1 aliphatic heterocycles. The zero-order valence-electron chi connectivity index (χ0n) is 21.3. The van der Waals surface area contributed by atoms with Gasteiger partial charge in [0.2, 0.25) is 5.91 Å². The molecule has 6 N–H and O–H groups in total. The van der Waals surface area contributed by atoms with Gasteiger partial charge in [-0.3, -0.25) is 4.79 Å². The zero-order chi connectivity index (χ0) is 27.0. The second-order valence-corrected chi connectivity index (χ2v) is 9.75. The van der Waals surface area contributed by atoms with Gasteiger partial charge in [-0.15, -0.1) is 0 Å². The molecule has 9 heteroatoms. The van der Waals surface area contributed by atoms with Crippen LogP contribution in [0.1, 0.15) is 50.2 Å². The first-order chi connectivity index (χ1) is 17.7. The summed E-state index contributed by atoms with van der Waals surface area (Å²) < 4.78 is 15.4. The molecule has 2 amide bonds. The van der Waals surface area contributed by atoms with Crippen LogP contribution in [0.3, 0.4) is 0 Å². The Morgan fingerprint density at radius 3 is 2.73 bits per heavy atom. The minimum atomic E-state index is -1.52. The molecule has 0 saturated carbocycles. The minimum absolute atomic E-state index is 0.0208. The van der Waals surface area contributed by atoms with Crippen molar-refractivity contribution in [2.24, 2.45) is 11.7 Å². The first-order valence-corrected chi connectivity index (χ1v) is 12.9. The summed E-state index contributed by atoms with van der Waals surface area (Å²) in [7, 11) is 0. The van der Waals surface area contributed by atoms with E-state index in [0.29, 0.717) is 42.5 Å². The van der Waals surface area contributed by atoms with Gasteiger partial charge < -0.3 is 31.3 Å². The van der Waals surface area contributed by atoms with Gasteiger partial charge in [0.05, 0.1) is 18.1 Å². The van der Waals surface area contributed by atoms with Gasteiger partial charge >= 0.3 is 6.09 Å². The number of halogens is 1. The molecule has 3 rings (SSSR count). The lowest BCUT2D eigenvalue weighted by Gasteiger charge is -2.44. The van der Waals surface area contributed by atoms with E-state index < -0.39 is 29.5 Å². The molecule has 3 atom stereocenters. The van der Waals surface area contributed by atoms with E-state index in [0.717, 1.165) is 12.0 Å². The van der Waals surface area contributed by atoms with Crippen LogP contribution in [0.5, 0.6) is 0 Å². The van der Waals surface area contributed by atoms with Crippen LogP contribution in [-0.4, -0.2) is 64.5 Å². The number of carbonyl (C=O) groups excluding carboxylic acids is 1. The Labute approximate surface area is 217 Å². The minimum Gasteiger partial charge on any atom is -0.465 e. The van der Waals surface area contributed by atoms with Crippen LogP contribution >= 0.6 is 0 Å². The summed E-state index contributed by atoms with van der Waals surface area (Å²) in [6.45, 7) is 2.86. The molecule has 0 bridgehead atoms. The van der Waals surface area contributed by atoms with Crippen LogP contribution in [0.15, 0.2) is 42.5 Å². The first kappa shape index (κ1) is 28.6. The van der Waals surface area contributed by atoms with Crippen molar-refractivity contribution in [3.05, 3.63) is 59.4 Å². The molecule has 1 heterocycles. The van der Waals surface area contributed by atoms with E-state index in [9.17, 15) is 19.8 Å². The summed E-state index contributed by atoms with van der Waals surface area (Å²) in [5.41, 5.74) is 6.39. The van der Waals surface area contributed by atoms with Gasteiger partial charge in [0, 0.05) is 37.7 Å². The highest BCUT2D eigenvalue weighted by atomic mass is 19.1. The van der Waals surface area contributed by atoms with Crippen molar-refractivity contribution in [1.82, 2.24) is 10.2 Å². The standard InChI is InChI=1S/C28H38FN3O5/c1-2-19-7-3-8-20(15-19)26-23(10-4-11-24(26)29)28(37,12-6-13-31-27(35)36)21-9-5-14-32(18-21)25(34)16-22(33)17-30/h3-4,7-8,10-11,15,21-22,31,33,37H,2,5-6,9,12-14,16-18,30H2,1H3,(H,35,36). The fourth-order valence-electron chi connectivity index (χ4n) is 5.24. The van der Waals surface area contributed by atoms with Gasteiger partial charge in [-0.05, 0) is 54.9 Å². The molecule has 3 unspecified atom stereocenters. The number of piperidine rings is 1. The van der Waals surface area contributed by atoms with Gasteiger partial charge in [0.25, 0.3) is 0 Å². The van der Waals surface area contributed by atoms with Crippen molar-refractivity contribution < 1.29 is 29.3 Å². The van der Waals surface area contributed by atoms with Crippen molar-refractivity contribution in [2.45, 2.75) is 57.2 Å². The number of carboxylic acid groups (broad SMARTS) is 1. The van der Waals surface area contributed by atoms with E-state index in [-0.39, 0.29) is 38.4 Å². The Morgan fingerprint density at radius 1 is 1.27 bits per heavy atom. The van der Waals surface area contributed by atoms with Crippen LogP contribution in [0, 0.1) is 11.7 Å².